The molecule has 2 aromatic carbocycles. The highest BCUT2D eigenvalue weighted by atomic mass is 32.1. The van der Waals surface area contributed by atoms with Gasteiger partial charge in [0, 0.05) is 23.3 Å². The number of hydrogen-bond donors (Lipinski definition) is 1. The smallest absolute Gasteiger partial charge is 0.275 e. The van der Waals surface area contributed by atoms with E-state index in [0.717, 1.165) is 11.1 Å². The maximum absolute atomic E-state index is 12.6. The average molecular weight is 436 g/mol. The van der Waals surface area contributed by atoms with Crippen LogP contribution in [-0.2, 0) is 6.54 Å². The van der Waals surface area contributed by atoms with Crippen LogP contribution in [0.4, 0.5) is 0 Å². The molecule has 0 saturated heterocycles. The number of fused-ring (bicyclic) bond motifs is 1. The summed E-state index contributed by atoms with van der Waals surface area (Å²) in [6.07, 6.45) is 0. The molecule has 0 aliphatic carbocycles. The first-order valence-electron chi connectivity index (χ1n) is 9.45. The number of aromatic nitrogens is 3. The van der Waals surface area contributed by atoms with E-state index in [2.05, 4.69) is 15.4 Å². The summed E-state index contributed by atoms with van der Waals surface area (Å²) in [6.45, 7) is 2.09. The van der Waals surface area contributed by atoms with Crippen molar-refractivity contribution in [1.29, 1.82) is 0 Å². The van der Waals surface area contributed by atoms with Crippen molar-refractivity contribution in [2.24, 2.45) is 0 Å². The Morgan fingerprint density at radius 3 is 2.48 bits per heavy atom. The lowest BCUT2D eigenvalue weighted by Crippen LogP contribution is -2.25. The molecule has 158 valence electrons. The summed E-state index contributed by atoms with van der Waals surface area (Å²) in [4.78, 5) is 30.1. The largest absolute Gasteiger partial charge is 0.497 e. The fourth-order valence-corrected chi connectivity index (χ4v) is 4.09. The number of carbonyl (C=O) groups is 1. The third-order valence-electron chi connectivity index (χ3n) is 4.72. The van der Waals surface area contributed by atoms with Gasteiger partial charge in [-0.2, -0.15) is 9.61 Å². The van der Waals surface area contributed by atoms with Gasteiger partial charge in [0.25, 0.3) is 11.5 Å². The van der Waals surface area contributed by atoms with E-state index in [0.29, 0.717) is 32.7 Å². The number of methoxy groups -OCH3 is 2. The fraction of sp³-hybridized carbons (Fsp3) is 0.182. The molecule has 8 nitrogen and oxygen atoms in total. The molecule has 1 N–H and O–H groups in total. The van der Waals surface area contributed by atoms with Gasteiger partial charge in [-0.15, -0.1) is 0 Å². The van der Waals surface area contributed by atoms with E-state index in [9.17, 15) is 9.59 Å². The number of nitrogens with zero attached hydrogens (tertiary/aromatic N) is 3. The number of aryl methyl sites for hydroxylation is 1. The summed E-state index contributed by atoms with van der Waals surface area (Å²) in [5.74, 6) is 0.690. The predicted molar refractivity (Wildman–Crippen MR) is 118 cm³/mol. The van der Waals surface area contributed by atoms with Crippen molar-refractivity contribution in [2.75, 3.05) is 14.2 Å². The van der Waals surface area contributed by atoms with Crippen LogP contribution < -0.4 is 20.3 Å². The number of hydrogen-bond acceptors (Lipinski definition) is 7. The Morgan fingerprint density at radius 2 is 1.81 bits per heavy atom. The number of rotatable bonds is 6. The molecule has 4 rings (SSSR count). The molecule has 0 saturated carbocycles. The second-order valence-corrected chi connectivity index (χ2v) is 7.74. The molecule has 0 fully saturated rings. The number of amides is 1. The summed E-state index contributed by atoms with van der Waals surface area (Å²) in [7, 11) is 3.03. The van der Waals surface area contributed by atoms with Gasteiger partial charge < -0.3 is 14.8 Å². The van der Waals surface area contributed by atoms with Gasteiger partial charge in [-0.1, -0.05) is 35.6 Å². The van der Waals surface area contributed by atoms with Gasteiger partial charge in [0.05, 0.1) is 26.5 Å². The highest BCUT2D eigenvalue weighted by molar-refractivity contribution is 7.19. The van der Waals surface area contributed by atoms with Crippen molar-refractivity contribution in [3.8, 4) is 22.1 Å². The van der Waals surface area contributed by atoms with E-state index >= 15 is 0 Å². The Bertz CT molecular complexity index is 1310. The van der Waals surface area contributed by atoms with E-state index < -0.39 is 0 Å². The third kappa shape index (κ3) is 4.26. The van der Waals surface area contributed by atoms with Crippen LogP contribution in [0, 0.1) is 6.92 Å². The average Bonchev–Trinajstić information content (AvgIpc) is 3.22. The molecule has 2 heterocycles. The normalized spacial score (nSPS) is 10.8. The lowest BCUT2D eigenvalue weighted by molar-refractivity contribution is 0.0949. The highest BCUT2D eigenvalue weighted by Gasteiger charge is 2.14. The maximum atomic E-state index is 12.6. The number of ether oxygens (including phenoxy) is 2. The van der Waals surface area contributed by atoms with Gasteiger partial charge in [0.15, 0.2) is 0 Å². The molecule has 31 heavy (non-hydrogen) atoms. The molecular weight excluding hydrogens is 416 g/mol. The minimum atomic E-state index is -0.330. The van der Waals surface area contributed by atoms with Crippen molar-refractivity contribution >= 4 is 22.2 Å². The summed E-state index contributed by atoms with van der Waals surface area (Å²) in [6, 6.07) is 14.1. The Labute approximate surface area is 182 Å². The fourth-order valence-electron chi connectivity index (χ4n) is 3.08. The van der Waals surface area contributed by atoms with Gasteiger partial charge in [0.2, 0.25) is 4.96 Å². The van der Waals surface area contributed by atoms with Gasteiger partial charge in [0.1, 0.15) is 16.5 Å². The molecule has 0 aliphatic heterocycles. The van der Waals surface area contributed by atoms with Crippen molar-refractivity contribution in [3.63, 3.8) is 0 Å². The molecule has 2 aromatic heterocycles. The highest BCUT2D eigenvalue weighted by Crippen LogP contribution is 2.27. The molecule has 0 atom stereocenters. The van der Waals surface area contributed by atoms with Crippen LogP contribution in [0.15, 0.2) is 53.3 Å². The molecule has 0 spiro atoms. The Balaban J connectivity index is 1.57. The SMILES string of the molecule is COc1cc(OC)cc(C(=O)NCc2cc(=O)n3nc(-c4ccccc4C)sc3n2)c1. The van der Waals surface area contributed by atoms with Crippen LogP contribution in [0.1, 0.15) is 21.6 Å². The Morgan fingerprint density at radius 1 is 1.10 bits per heavy atom. The van der Waals surface area contributed by atoms with Crippen LogP contribution >= 0.6 is 11.3 Å². The second kappa shape index (κ2) is 8.57. The summed E-state index contributed by atoms with van der Waals surface area (Å²) in [5.41, 5.74) is 2.56. The zero-order valence-electron chi connectivity index (χ0n) is 17.2. The summed E-state index contributed by atoms with van der Waals surface area (Å²) in [5, 5.41) is 7.91. The van der Waals surface area contributed by atoms with E-state index in [1.165, 1.54) is 36.1 Å². The lowest BCUT2D eigenvalue weighted by Gasteiger charge is -2.09. The zero-order valence-corrected chi connectivity index (χ0v) is 18.0. The van der Waals surface area contributed by atoms with E-state index in [4.69, 9.17) is 9.47 Å². The van der Waals surface area contributed by atoms with Crippen LogP contribution in [-0.4, -0.2) is 34.7 Å². The lowest BCUT2D eigenvalue weighted by atomic mass is 10.1. The molecule has 0 aliphatic rings. The van der Waals surface area contributed by atoms with Crippen LogP contribution in [0.2, 0.25) is 0 Å². The number of carbonyl (C=O) groups excluding carboxylic acids is 1. The Kier molecular flexibility index (Phi) is 5.68. The minimum Gasteiger partial charge on any atom is -0.497 e. The second-order valence-electron chi connectivity index (χ2n) is 6.79. The van der Waals surface area contributed by atoms with Gasteiger partial charge in [-0.3, -0.25) is 9.59 Å². The minimum absolute atomic E-state index is 0.0989. The molecule has 0 radical (unpaired) electrons. The molecular formula is C22H20N4O4S. The standard InChI is InChI=1S/C22H20N4O4S/c1-13-6-4-5-7-18(13)21-25-26-19(27)10-15(24-22(26)31-21)12-23-20(28)14-8-16(29-2)11-17(9-14)30-3/h4-11H,12H2,1-3H3,(H,23,28). The summed E-state index contributed by atoms with van der Waals surface area (Å²) < 4.78 is 11.7. The molecule has 0 unspecified atom stereocenters. The molecule has 0 bridgehead atoms. The van der Waals surface area contributed by atoms with Crippen LogP contribution in [0.5, 0.6) is 11.5 Å². The number of nitrogens with one attached hydrogen (secondary N) is 1. The predicted octanol–water partition coefficient (Wildman–Crippen LogP) is 3.07. The monoisotopic (exact) mass is 436 g/mol. The zero-order chi connectivity index (χ0) is 22.0. The van der Waals surface area contributed by atoms with E-state index in [1.54, 1.807) is 18.2 Å². The van der Waals surface area contributed by atoms with E-state index in [1.807, 2.05) is 31.2 Å². The van der Waals surface area contributed by atoms with Crippen molar-refractivity contribution in [3.05, 3.63) is 75.7 Å². The van der Waals surface area contributed by atoms with Crippen LogP contribution in [0.3, 0.4) is 0 Å². The first-order chi connectivity index (χ1) is 15.0. The van der Waals surface area contributed by atoms with Gasteiger partial charge in [-0.05, 0) is 24.6 Å². The quantitative estimate of drug-likeness (QED) is 0.499. The first-order valence-corrected chi connectivity index (χ1v) is 10.3. The van der Waals surface area contributed by atoms with E-state index in [-0.39, 0.29) is 18.0 Å². The van der Waals surface area contributed by atoms with Crippen molar-refractivity contribution in [1.82, 2.24) is 19.9 Å². The molecule has 1 amide bonds. The van der Waals surface area contributed by atoms with Gasteiger partial charge in [-0.25, -0.2) is 4.98 Å². The molecule has 9 heteroatoms. The maximum Gasteiger partial charge on any atom is 0.275 e. The first kappa shape index (κ1) is 20.5. The topological polar surface area (TPSA) is 94.8 Å². The Hall–Kier alpha value is -3.72. The third-order valence-corrected chi connectivity index (χ3v) is 5.66. The summed E-state index contributed by atoms with van der Waals surface area (Å²) >= 11 is 1.33. The molecule has 4 aromatic rings. The van der Waals surface area contributed by atoms with Crippen molar-refractivity contribution < 1.29 is 14.3 Å². The number of benzene rings is 2. The van der Waals surface area contributed by atoms with Gasteiger partial charge >= 0.3 is 0 Å². The van der Waals surface area contributed by atoms with Crippen LogP contribution in [0.25, 0.3) is 15.5 Å². The van der Waals surface area contributed by atoms with Crippen molar-refractivity contribution in [2.45, 2.75) is 13.5 Å².